The molecule has 0 N–H and O–H groups in total. The molecule has 0 saturated carbocycles. The van der Waals surface area contributed by atoms with E-state index < -0.39 is 18.1 Å². The molecule has 0 fully saturated rings. The van der Waals surface area contributed by atoms with Gasteiger partial charge >= 0.3 is 24.1 Å². The van der Waals surface area contributed by atoms with Crippen LogP contribution in [0.3, 0.4) is 0 Å². The maximum Gasteiger partial charge on any atom is 0.513 e. The van der Waals surface area contributed by atoms with E-state index in [1.165, 1.54) is 36.4 Å². The Labute approximate surface area is 267 Å². The van der Waals surface area contributed by atoms with Crippen molar-refractivity contribution in [1.29, 1.82) is 0 Å². The minimum absolute atomic E-state index is 0.125. The van der Waals surface area contributed by atoms with Crippen LogP contribution in [0.5, 0.6) is 17.2 Å². The van der Waals surface area contributed by atoms with E-state index in [-0.39, 0.29) is 30.7 Å². The first kappa shape index (κ1) is 34.8. The first-order valence-corrected chi connectivity index (χ1v) is 14.6. The Morgan fingerprint density at radius 3 is 1.63 bits per heavy atom. The monoisotopic (exact) mass is 628 g/mol. The van der Waals surface area contributed by atoms with Crippen LogP contribution < -0.4 is 14.2 Å². The number of ether oxygens (including phenoxy) is 6. The molecule has 10 heteroatoms. The number of hydrogen-bond donors (Lipinski definition) is 0. The van der Waals surface area contributed by atoms with Crippen molar-refractivity contribution >= 4 is 30.1 Å². The Morgan fingerprint density at radius 2 is 1.02 bits per heavy atom. The van der Waals surface area contributed by atoms with Crippen LogP contribution in [0.4, 0.5) is 4.79 Å². The molecule has 0 radical (unpaired) electrons. The molecule has 0 aromatic heterocycles. The van der Waals surface area contributed by atoms with Crippen molar-refractivity contribution in [3.8, 4) is 28.4 Å². The van der Waals surface area contributed by atoms with Gasteiger partial charge in [-0.3, -0.25) is 0 Å². The van der Waals surface area contributed by atoms with Gasteiger partial charge in [0.25, 0.3) is 0 Å². The Bertz CT molecular complexity index is 1470. The van der Waals surface area contributed by atoms with Gasteiger partial charge in [0, 0.05) is 18.2 Å². The highest BCUT2D eigenvalue weighted by Crippen LogP contribution is 2.24. The number of unbranched alkanes of at least 4 members (excludes halogenated alkanes) is 3. The summed E-state index contributed by atoms with van der Waals surface area (Å²) in [4.78, 5) is 45.9. The molecule has 240 valence electrons. The molecule has 0 aliphatic carbocycles. The maximum absolute atomic E-state index is 12.3. The molecule has 0 atom stereocenters. The SMILES string of the molecule is C=CC(=O)OCCCCCCOc1ccc(-c2ccc(C=CC(=O)Oc3ccc(OC(=O)OCCOC(=O)C=C)cc3)cc2)cc1. The quantitative estimate of drug-likeness (QED) is 0.0367. The highest BCUT2D eigenvalue weighted by molar-refractivity contribution is 5.89. The van der Waals surface area contributed by atoms with Gasteiger partial charge < -0.3 is 28.4 Å². The van der Waals surface area contributed by atoms with Gasteiger partial charge in [0.1, 0.15) is 30.5 Å². The molecular weight excluding hydrogens is 592 g/mol. The van der Waals surface area contributed by atoms with Crippen LogP contribution in [0.1, 0.15) is 31.2 Å². The van der Waals surface area contributed by atoms with Crippen LogP contribution >= 0.6 is 0 Å². The molecule has 0 saturated heterocycles. The lowest BCUT2D eigenvalue weighted by Gasteiger charge is -2.08. The topological polar surface area (TPSA) is 124 Å². The highest BCUT2D eigenvalue weighted by Gasteiger charge is 2.08. The molecule has 0 spiro atoms. The fourth-order valence-electron chi connectivity index (χ4n) is 3.85. The summed E-state index contributed by atoms with van der Waals surface area (Å²) in [7, 11) is 0. The smallest absolute Gasteiger partial charge is 0.494 e. The van der Waals surface area contributed by atoms with Gasteiger partial charge in [-0.1, -0.05) is 49.6 Å². The molecule has 10 nitrogen and oxygen atoms in total. The van der Waals surface area contributed by atoms with Crippen molar-refractivity contribution in [3.63, 3.8) is 0 Å². The summed E-state index contributed by atoms with van der Waals surface area (Å²) < 4.78 is 30.6. The summed E-state index contributed by atoms with van der Waals surface area (Å²) in [5.74, 6) is -0.344. The molecule has 0 aliphatic heterocycles. The number of rotatable bonds is 18. The van der Waals surface area contributed by atoms with E-state index in [9.17, 15) is 19.2 Å². The van der Waals surface area contributed by atoms with E-state index in [2.05, 4.69) is 13.2 Å². The Balaban J connectivity index is 1.36. The van der Waals surface area contributed by atoms with Crippen LogP contribution in [-0.2, 0) is 28.6 Å². The van der Waals surface area contributed by atoms with Crippen LogP contribution in [0.25, 0.3) is 17.2 Å². The number of benzene rings is 3. The van der Waals surface area contributed by atoms with Gasteiger partial charge in [-0.05, 0) is 84.8 Å². The largest absolute Gasteiger partial charge is 0.513 e. The van der Waals surface area contributed by atoms with E-state index in [0.717, 1.165) is 54.2 Å². The second-order valence-corrected chi connectivity index (χ2v) is 9.58. The summed E-state index contributed by atoms with van der Waals surface area (Å²) in [6.07, 6.45) is 7.86. The van der Waals surface area contributed by atoms with Crippen molar-refractivity contribution in [2.75, 3.05) is 26.4 Å². The normalized spacial score (nSPS) is 10.4. The maximum atomic E-state index is 12.3. The highest BCUT2D eigenvalue weighted by atomic mass is 16.7. The summed E-state index contributed by atoms with van der Waals surface area (Å²) in [6.45, 7) is 7.36. The second-order valence-electron chi connectivity index (χ2n) is 9.58. The standard InChI is InChI=1S/C36H36O10/c1-3-33(37)42-24-8-6-5-7-23-41-30-16-14-29(15-17-30)28-12-9-27(10-13-28)11-22-35(39)45-31-18-20-32(21-19-31)46-36(40)44-26-25-43-34(38)4-2/h3-4,9-22H,1-2,5-8,23-26H2. The van der Waals surface area contributed by atoms with Crippen molar-refractivity contribution in [2.24, 2.45) is 0 Å². The first-order valence-electron chi connectivity index (χ1n) is 14.6. The summed E-state index contributed by atoms with van der Waals surface area (Å²) >= 11 is 0. The molecule has 0 bridgehead atoms. The summed E-state index contributed by atoms with van der Waals surface area (Å²) in [5, 5.41) is 0. The fraction of sp³-hybridized carbons (Fsp3) is 0.222. The lowest BCUT2D eigenvalue weighted by atomic mass is 10.0. The van der Waals surface area contributed by atoms with E-state index in [1.807, 2.05) is 48.5 Å². The van der Waals surface area contributed by atoms with Crippen molar-refractivity contribution in [3.05, 3.63) is 110 Å². The van der Waals surface area contributed by atoms with Gasteiger partial charge in [0.15, 0.2) is 0 Å². The Morgan fingerprint density at radius 1 is 0.522 bits per heavy atom. The molecular formula is C36H36O10. The zero-order chi connectivity index (χ0) is 33.0. The lowest BCUT2D eigenvalue weighted by Crippen LogP contribution is -2.15. The van der Waals surface area contributed by atoms with Crippen LogP contribution in [0, 0.1) is 0 Å². The molecule has 0 aliphatic rings. The summed E-state index contributed by atoms with van der Waals surface area (Å²) in [5.41, 5.74) is 2.87. The number of carbonyl (C=O) groups is 4. The van der Waals surface area contributed by atoms with E-state index in [1.54, 1.807) is 6.08 Å². The number of hydrogen-bond acceptors (Lipinski definition) is 10. The van der Waals surface area contributed by atoms with Crippen molar-refractivity contribution in [1.82, 2.24) is 0 Å². The van der Waals surface area contributed by atoms with Crippen molar-refractivity contribution < 1.29 is 47.6 Å². The average Bonchev–Trinajstić information content (AvgIpc) is 3.08. The third kappa shape index (κ3) is 13.3. The first-order chi connectivity index (χ1) is 22.4. The fourth-order valence-corrected chi connectivity index (χ4v) is 3.85. The van der Waals surface area contributed by atoms with Gasteiger partial charge in [-0.25, -0.2) is 19.2 Å². The second kappa shape index (κ2) is 19.6. The predicted molar refractivity (Wildman–Crippen MR) is 171 cm³/mol. The van der Waals surface area contributed by atoms with Gasteiger partial charge in [0.2, 0.25) is 0 Å². The lowest BCUT2D eigenvalue weighted by molar-refractivity contribution is -0.139. The molecule has 0 amide bonds. The van der Waals surface area contributed by atoms with Crippen LogP contribution in [-0.4, -0.2) is 50.5 Å². The zero-order valence-corrected chi connectivity index (χ0v) is 25.4. The van der Waals surface area contributed by atoms with Gasteiger partial charge in [-0.15, -0.1) is 0 Å². The van der Waals surface area contributed by atoms with Crippen molar-refractivity contribution in [2.45, 2.75) is 25.7 Å². The third-order valence-electron chi connectivity index (χ3n) is 6.19. The molecule has 46 heavy (non-hydrogen) atoms. The minimum Gasteiger partial charge on any atom is -0.494 e. The number of esters is 3. The predicted octanol–water partition coefficient (Wildman–Crippen LogP) is 6.89. The Hall–Kier alpha value is -5.64. The third-order valence-corrected chi connectivity index (χ3v) is 6.19. The minimum atomic E-state index is -0.971. The molecule has 0 heterocycles. The molecule has 3 aromatic rings. The number of carbonyl (C=O) groups excluding carboxylic acids is 4. The van der Waals surface area contributed by atoms with E-state index >= 15 is 0 Å². The Kier molecular flexibility index (Phi) is 14.8. The van der Waals surface area contributed by atoms with Crippen LogP contribution in [0.2, 0.25) is 0 Å². The molecule has 0 unspecified atom stereocenters. The zero-order valence-electron chi connectivity index (χ0n) is 25.4. The average molecular weight is 629 g/mol. The summed E-state index contributed by atoms with van der Waals surface area (Å²) in [6, 6.07) is 21.4. The molecule has 3 rings (SSSR count). The van der Waals surface area contributed by atoms with E-state index in [4.69, 9.17) is 28.4 Å². The van der Waals surface area contributed by atoms with Crippen LogP contribution in [0.15, 0.2) is 104 Å². The van der Waals surface area contributed by atoms with E-state index in [0.29, 0.717) is 13.2 Å². The molecule has 3 aromatic carbocycles. The van der Waals surface area contributed by atoms with Gasteiger partial charge in [0.05, 0.1) is 13.2 Å². The van der Waals surface area contributed by atoms with Gasteiger partial charge in [-0.2, -0.15) is 0 Å².